The molecule has 0 heterocycles. The van der Waals surface area contributed by atoms with Gasteiger partial charge in [-0.1, -0.05) is 30.3 Å². The highest BCUT2D eigenvalue weighted by molar-refractivity contribution is 5.85. The first-order valence-electron chi connectivity index (χ1n) is 6.26. The van der Waals surface area contributed by atoms with Gasteiger partial charge in [0.15, 0.2) is 0 Å². The van der Waals surface area contributed by atoms with Crippen molar-refractivity contribution in [3.63, 3.8) is 0 Å². The van der Waals surface area contributed by atoms with Crippen LogP contribution in [0.25, 0.3) is 0 Å². The molecule has 0 aliphatic heterocycles. The number of nitrogens with one attached hydrogen (secondary N) is 1. The van der Waals surface area contributed by atoms with Crippen molar-refractivity contribution in [3.05, 3.63) is 35.9 Å². The van der Waals surface area contributed by atoms with E-state index in [0.717, 1.165) is 5.56 Å². The molecule has 3 nitrogen and oxygen atoms in total. The Balaban J connectivity index is 0.00000162. The van der Waals surface area contributed by atoms with Gasteiger partial charge >= 0.3 is 0 Å². The Morgan fingerprint density at radius 1 is 1.39 bits per heavy atom. The zero-order chi connectivity index (χ0) is 12.3. The number of hydrogen-bond acceptors (Lipinski definition) is 2. The van der Waals surface area contributed by atoms with Crippen molar-refractivity contribution in [2.45, 2.75) is 38.3 Å². The van der Waals surface area contributed by atoms with Crippen molar-refractivity contribution in [2.75, 3.05) is 0 Å². The lowest BCUT2D eigenvalue weighted by Gasteiger charge is -2.17. The lowest BCUT2D eigenvalue weighted by atomic mass is 10.1. The molecule has 100 valence electrons. The Bertz CT molecular complexity index is 379. The summed E-state index contributed by atoms with van der Waals surface area (Å²) >= 11 is 0. The van der Waals surface area contributed by atoms with E-state index >= 15 is 0 Å². The second-order valence-corrected chi connectivity index (χ2v) is 4.93. The van der Waals surface area contributed by atoms with Crippen LogP contribution in [0.2, 0.25) is 0 Å². The summed E-state index contributed by atoms with van der Waals surface area (Å²) in [5.41, 5.74) is 7.01. The Morgan fingerprint density at radius 3 is 2.56 bits per heavy atom. The summed E-state index contributed by atoms with van der Waals surface area (Å²) < 4.78 is 0. The fourth-order valence-corrected chi connectivity index (χ4v) is 2.01. The van der Waals surface area contributed by atoms with Gasteiger partial charge in [-0.2, -0.15) is 0 Å². The zero-order valence-corrected chi connectivity index (χ0v) is 11.5. The van der Waals surface area contributed by atoms with Crippen LogP contribution in [0.5, 0.6) is 0 Å². The minimum absolute atomic E-state index is 0. The number of amides is 1. The molecule has 1 amide bonds. The molecule has 0 bridgehead atoms. The van der Waals surface area contributed by atoms with Gasteiger partial charge in [0.05, 0.1) is 6.04 Å². The molecule has 0 aromatic heterocycles. The minimum atomic E-state index is -0.446. The number of nitrogens with two attached hydrogens (primary N) is 1. The van der Waals surface area contributed by atoms with Crippen LogP contribution in [-0.2, 0) is 11.2 Å². The lowest BCUT2D eigenvalue weighted by molar-refractivity contribution is -0.123. The van der Waals surface area contributed by atoms with Crippen molar-refractivity contribution >= 4 is 18.3 Å². The largest absolute Gasteiger partial charge is 0.352 e. The van der Waals surface area contributed by atoms with Gasteiger partial charge in [0, 0.05) is 6.04 Å². The molecule has 1 aliphatic rings. The van der Waals surface area contributed by atoms with E-state index in [1.165, 1.54) is 12.8 Å². The highest BCUT2D eigenvalue weighted by Gasteiger charge is 2.29. The van der Waals surface area contributed by atoms with Crippen molar-refractivity contribution in [1.82, 2.24) is 5.32 Å². The SMILES string of the molecule is CC(NC(=O)C(N)Cc1ccccc1)C1CC1.Cl. The predicted octanol–water partition coefficient (Wildman–Crippen LogP) is 1.89. The fourth-order valence-electron chi connectivity index (χ4n) is 2.01. The number of benzene rings is 1. The van der Waals surface area contributed by atoms with E-state index in [2.05, 4.69) is 12.2 Å². The Hall–Kier alpha value is -1.06. The normalized spacial score (nSPS) is 17.4. The van der Waals surface area contributed by atoms with E-state index in [1.54, 1.807) is 0 Å². The smallest absolute Gasteiger partial charge is 0.237 e. The standard InChI is InChI=1S/C14H20N2O.ClH/c1-10(12-7-8-12)16-14(17)13(15)9-11-5-3-2-4-6-11;/h2-6,10,12-13H,7-9,15H2,1H3,(H,16,17);1H. The zero-order valence-electron chi connectivity index (χ0n) is 10.6. The second-order valence-electron chi connectivity index (χ2n) is 4.93. The van der Waals surface area contributed by atoms with Gasteiger partial charge in [-0.3, -0.25) is 4.79 Å². The van der Waals surface area contributed by atoms with Crippen LogP contribution >= 0.6 is 12.4 Å². The van der Waals surface area contributed by atoms with E-state index in [1.807, 2.05) is 30.3 Å². The molecule has 18 heavy (non-hydrogen) atoms. The number of carbonyl (C=O) groups excluding carboxylic acids is 1. The molecule has 2 unspecified atom stereocenters. The van der Waals surface area contributed by atoms with Crippen LogP contribution in [0.1, 0.15) is 25.3 Å². The summed E-state index contributed by atoms with van der Waals surface area (Å²) in [6.07, 6.45) is 3.06. The van der Waals surface area contributed by atoms with Crippen molar-refractivity contribution in [3.8, 4) is 0 Å². The number of rotatable bonds is 5. The summed E-state index contributed by atoms with van der Waals surface area (Å²) in [4.78, 5) is 11.9. The van der Waals surface area contributed by atoms with Crippen LogP contribution in [-0.4, -0.2) is 18.0 Å². The maximum atomic E-state index is 11.9. The molecule has 4 heteroatoms. The molecule has 0 spiro atoms. The van der Waals surface area contributed by atoms with Gasteiger partial charge in [0.1, 0.15) is 0 Å². The van der Waals surface area contributed by atoms with Gasteiger partial charge in [-0.05, 0) is 37.7 Å². The Labute approximate surface area is 115 Å². The first-order chi connectivity index (χ1) is 8.16. The Morgan fingerprint density at radius 2 is 2.00 bits per heavy atom. The number of halogens is 1. The third-order valence-electron chi connectivity index (χ3n) is 3.33. The molecular formula is C14H21ClN2O. The molecule has 1 fully saturated rings. The highest BCUT2D eigenvalue weighted by atomic mass is 35.5. The first-order valence-corrected chi connectivity index (χ1v) is 6.26. The van der Waals surface area contributed by atoms with E-state index in [4.69, 9.17) is 5.73 Å². The maximum absolute atomic E-state index is 11.9. The molecule has 0 saturated heterocycles. The maximum Gasteiger partial charge on any atom is 0.237 e. The third kappa shape index (κ3) is 4.31. The highest BCUT2D eigenvalue weighted by Crippen LogP contribution is 2.32. The molecule has 2 rings (SSSR count). The van der Waals surface area contributed by atoms with Gasteiger partial charge in [0.25, 0.3) is 0 Å². The average Bonchev–Trinajstić information content (AvgIpc) is 3.14. The van der Waals surface area contributed by atoms with Crippen LogP contribution in [0.3, 0.4) is 0 Å². The molecule has 1 aromatic rings. The lowest BCUT2D eigenvalue weighted by Crippen LogP contribution is -2.46. The molecule has 1 aromatic carbocycles. The van der Waals surface area contributed by atoms with E-state index < -0.39 is 6.04 Å². The second kappa shape index (κ2) is 6.76. The van der Waals surface area contributed by atoms with Gasteiger partial charge in [-0.25, -0.2) is 0 Å². The van der Waals surface area contributed by atoms with Crippen molar-refractivity contribution in [1.29, 1.82) is 0 Å². The molecular weight excluding hydrogens is 248 g/mol. The molecule has 3 N–H and O–H groups in total. The summed E-state index contributed by atoms with van der Waals surface area (Å²) in [7, 11) is 0. The van der Waals surface area contributed by atoms with E-state index in [-0.39, 0.29) is 24.4 Å². The summed E-state index contributed by atoms with van der Waals surface area (Å²) in [5, 5.41) is 3.00. The van der Waals surface area contributed by atoms with Gasteiger partial charge < -0.3 is 11.1 Å². The summed E-state index contributed by atoms with van der Waals surface area (Å²) in [5.74, 6) is 0.635. The molecule has 0 radical (unpaired) electrons. The number of carbonyl (C=O) groups is 1. The predicted molar refractivity (Wildman–Crippen MR) is 75.7 cm³/mol. The average molecular weight is 269 g/mol. The first kappa shape index (κ1) is 15.0. The monoisotopic (exact) mass is 268 g/mol. The summed E-state index contributed by atoms with van der Waals surface area (Å²) in [6.45, 7) is 2.06. The molecule has 1 saturated carbocycles. The third-order valence-corrected chi connectivity index (χ3v) is 3.33. The molecule has 1 aliphatic carbocycles. The van der Waals surface area contributed by atoms with Crippen LogP contribution in [0.4, 0.5) is 0 Å². The van der Waals surface area contributed by atoms with Gasteiger partial charge in [0.2, 0.25) is 5.91 Å². The molecule has 2 atom stereocenters. The Kier molecular flexibility index (Phi) is 5.63. The van der Waals surface area contributed by atoms with Crippen LogP contribution < -0.4 is 11.1 Å². The van der Waals surface area contributed by atoms with Crippen molar-refractivity contribution < 1.29 is 4.79 Å². The van der Waals surface area contributed by atoms with Gasteiger partial charge in [-0.15, -0.1) is 12.4 Å². The quantitative estimate of drug-likeness (QED) is 0.857. The fraction of sp³-hybridized carbons (Fsp3) is 0.500. The van der Waals surface area contributed by atoms with Crippen LogP contribution in [0, 0.1) is 5.92 Å². The van der Waals surface area contributed by atoms with Crippen molar-refractivity contribution in [2.24, 2.45) is 11.7 Å². The van der Waals surface area contributed by atoms with E-state index in [0.29, 0.717) is 12.3 Å². The van der Waals surface area contributed by atoms with Crippen LogP contribution in [0.15, 0.2) is 30.3 Å². The van der Waals surface area contributed by atoms with E-state index in [9.17, 15) is 4.79 Å². The minimum Gasteiger partial charge on any atom is -0.352 e. The summed E-state index contributed by atoms with van der Waals surface area (Å²) in [6, 6.07) is 9.71. The number of hydrogen-bond donors (Lipinski definition) is 2. The topological polar surface area (TPSA) is 55.1 Å².